The zero-order chi connectivity index (χ0) is 11.7. The molecule has 86 valence electrons. The van der Waals surface area contributed by atoms with Gasteiger partial charge < -0.3 is 15.7 Å². The highest BCUT2D eigenvalue weighted by Crippen LogP contribution is 2.36. The Hall–Kier alpha value is -1.42. The topological polar surface area (TPSA) is 66.6 Å². The molecule has 0 bridgehead atoms. The first-order valence-corrected chi connectivity index (χ1v) is 5.52. The number of halogens is 1. The van der Waals surface area contributed by atoms with E-state index in [-0.39, 0.29) is 22.7 Å². The number of amides is 1. The summed E-state index contributed by atoms with van der Waals surface area (Å²) in [6, 6.07) is 4.68. The lowest BCUT2D eigenvalue weighted by atomic mass is 10.2. The van der Waals surface area contributed by atoms with Gasteiger partial charge in [-0.15, -0.1) is 0 Å². The summed E-state index contributed by atoms with van der Waals surface area (Å²) in [6.07, 6.45) is 1.64. The fraction of sp³-hybridized carbons (Fsp3) is 0.364. The van der Waals surface area contributed by atoms with Gasteiger partial charge in [0, 0.05) is 6.54 Å². The van der Waals surface area contributed by atoms with Crippen molar-refractivity contribution >= 4 is 23.2 Å². The van der Waals surface area contributed by atoms with E-state index in [0.29, 0.717) is 5.69 Å². The summed E-state index contributed by atoms with van der Waals surface area (Å²) in [4.78, 5) is 13.1. The monoisotopic (exact) mass is 240 g/mol. The number of aromatic hydroxyl groups is 1. The number of hydrogen-bond donors (Lipinski definition) is 2. The van der Waals surface area contributed by atoms with E-state index in [1.807, 2.05) is 4.90 Å². The maximum Gasteiger partial charge on any atom is 0.240 e. The van der Waals surface area contributed by atoms with Crippen molar-refractivity contribution in [3.63, 3.8) is 0 Å². The van der Waals surface area contributed by atoms with Gasteiger partial charge in [-0.3, -0.25) is 4.79 Å². The number of anilines is 1. The highest BCUT2D eigenvalue weighted by atomic mass is 35.5. The molecule has 1 aliphatic rings. The van der Waals surface area contributed by atoms with E-state index in [0.717, 1.165) is 19.4 Å². The van der Waals surface area contributed by atoms with Crippen molar-refractivity contribution in [2.24, 2.45) is 5.73 Å². The Morgan fingerprint density at radius 2 is 2.31 bits per heavy atom. The molecule has 1 aliphatic heterocycles. The Kier molecular flexibility index (Phi) is 2.92. The molecule has 0 aromatic heterocycles. The SMILES string of the molecule is NC(=O)[C@@H]1CCCN1c1cccc(O)c1Cl. The first-order valence-electron chi connectivity index (χ1n) is 5.14. The molecule has 0 saturated carbocycles. The number of hydrogen-bond acceptors (Lipinski definition) is 3. The molecule has 1 heterocycles. The van der Waals surface area contributed by atoms with Crippen molar-refractivity contribution in [3.8, 4) is 5.75 Å². The van der Waals surface area contributed by atoms with Gasteiger partial charge in [0.25, 0.3) is 0 Å². The number of rotatable bonds is 2. The summed E-state index contributed by atoms with van der Waals surface area (Å²) in [5.74, 6) is -0.328. The van der Waals surface area contributed by atoms with E-state index in [4.69, 9.17) is 17.3 Å². The average molecular weight is 241 g/mol. The predicted molar refractivity (Wildman–Crippen MR) is 62.7 cm³/mol. The number of primary amides is 1. The minimum Gasteiger partial charge on any atom is -0.506 e. The van der Waals surface area contributed by atoms with Crippen molar-refractivity contribution in [2.45, 2.75) is 18.9 Å². The van der Waals surface area contributed by atoms with E-state index < -0.39 is 0 Å². The van der Waals surface area contributed by atoms with Gasteiger partial charge in [-0.25, -0.2) is 0 Å². The van der Waals surface area contributed by atoms with Crippen LogP contribution in [0.15, 0.2) is 18.2 Å². The molecule has 1 aromatic rings. The van der Waals surface area contributed by atoms with E-state index >= 15 is 0 Å². The van der Waals surface area contributed by atoms with Crippen molar-refractivity contribution in [1.29, 1.82) is 0 Å². The third-order valence-corrected chi connectivity index (χ3v) is 3.24. The maximum atomic E-state index is 11.3. The van der Waals surface area contributed by atoms with Gasteiger partial charge in [-0.2, -0.15) is 0 Å². The van der Waals surface area contributed by atoms with E-state index in [1.54, 1.807) is 12.1 Å². The third-order valence-electron chi connectivity index (χ3n) is 2.85. The number of phenols is 1. The summed E-state index contributed by atoms with van der Waals surface area (Å²) in [5, 5.41) is 9.78. The Morgan fingerprint density at radius 1 is 1.56 bits per heavy atom. The Bertz CT molecular complexity index is 422. The Balaban J connectivity index is 2.36. The molecule has 4 nitrogen and oxygen atoms in total. The summed E-state index contributed by atoms with van der Waals surface area (Å²) < 4.78 is 0. The summed E-state index contributed by atoms with van der Waals surface area (Å²) >= 11 is 6.00. The first-order chi connectivity index (χ1) is 7.61. The van der Waals surface area contributed by atoms with Gasteiger partial charge in [0.1, 0.15) is 16.8 Å². The number of carbonyl (C=O) groups excluding carboxylic acids is 1. The molecule has 1 aromatic carbocycles. The third kappa shape index (κ3) is 1.80. The second-order valence-electron chi connectivity index (χ2n) is 3.86. The van der Waals surface area contributed by atoms with Gasteiger partial charge in [0.15, 0.2) is 0 Å². The average Bonchev–Trinajstić information content (AvgIpc) is 2.70. The van der Waals surface area contributed by atoms with Gasteiger partial charge in [-0.1, -0.05) is 17.7 Å². The normalized spacial score (nSPS) is 20.1. The van der Waals surface area contributed by atoms with Gasteiger partial charge in [0.2, 0.25) is 5.91 Å². The summed E-state index contributed by atoms with van der Waals surface area (Å²) in [5.41, 5.74) is 6.00. The Labute approximate surface area is 98.6 Å². The molecule has 1 amide bonds. The van der Waals surface area contributed by atoms with Crippen LogP contribution in [0.25, 0.3) is 0 Å². The Morgan fingerprint density at radius 3 is 3.00 bits per heavy atom. The lowest BCUT2D eigenvalue weighted by Crippen LogP contribution is -2.40. The van der Waals surface area contributed by atoms with Crippen LogP contribution in [0.3, 0.4) is 0 Å². The van der Waals surface area contributed by atoms with Crippen LogP contribution in [0.2, 0.25) is 5.02 Å². The van der Waals surface area contributed by atoms with Gasteiger partial charge in [0.05, 0.1) is 5.69 Å². The minimum atomic E-state index is -0.350. The lowest BCUT2D eigenvalue weighted by molar-refractivity contribution is -0.119. The molecule has 0 aliphatic carbocycles. The predicted octanol–water partition coefficient (Wildman–Crippen LogP) is 1.50. The quantitative estimate of drug-likeness (QED) is 0.823. The molecular weight excluding hydrogens is 228 g/mol. The zero-order valence-corrected chi connectivity index (χ0v) is 9.44. The van der Waals surface area contributed by atoms with E-state index in [9.17, 15) is 9.90 Å². The van der Waals surface area contributed by atoms with Gasteiger partial charge >= 0.3 is 0 Å². The molecule has 1 atom stereocenters. The molecule has 2 rings (SSSR count). The number of nitrogens with two attached hydrogens (primary N) is 1. The van der Waals surface area contributed by atoms with Crippen molar-refractivity contribution in [3.05, 3.63) is 23.2 Å². The van der Waals surface area contributed by atoms with Crippen LogP contribution in [0.1, 0.15) is 12.8 Å². The van der Waals surface area contributed by atoms with Crippen LogP contribution in [0.4, 0.5) is 5.69 Å². The van der Waals surface area contributed by atoms with E-state index in [2.05, 4.69) is 0 Å². The molecule has 0 spiro atoms. The molecule has 5 heteroatoms. The number of phenolic OH excluding ortho intramolecular Hbond substituents is 1. The molecular formula is C11H13ClN2O2. The molecule has 0 radical (unpaired) electrons. The van der Waals surface area contributed by atoms with Crippen LogP contribution in [-0.2, 0) is 4.79 Å². The van der Waals surface area contributed by atoms with Crippen LogP contribution in [0.5, 0.6) is 5.75 Å². The lowest BCUT2D eigenvalue weighted by Gasteiger charge is -2.25. The van der Waals surface area contributed by atoms with Crippen molar-refractivity contribution in [1.82, 2.24) is 0 Å². The minimum absolute atomic E-state index is 0.0225. The molecule has 0 unspecified atom stereocenters. The van der Waals surface area contributed by atoms with Crippen LogP contribution >= 0.6 is 11.6 Å². The molecule has 1 saturated heterocycles. The second-order valence-corrected chi connectivity index (χ2v) is 4.24. The van der Waals surface area contributed by atoms with Crippen LogP contribution in [0, 0.1) is 0 Å². The molecule has 3 N–H and O–H groups in total. The largest absolute Gasteiger partial charge is 0.506 e. The highest BCUT2D eigenvalue weighted by molar-refractivity contribution is 6.34. The highest BCUT2D eigenvalue weighted by Gasteiger charge is 2.30. The van der Waals surface area contributed by atoms with Gasteiger partial charge in [-0.05, 0) is 25.0 Å². The fourth-order valence-electron chi connectivity index (χ4n) is 2.08. The number of carbonyl (C=O) groups is 1. The standard InChI is InChI=1S/C11H13ClN2O2/c12-10-7(3-1-5-9(10)15)14-6-2-4-8(14)11(13)16/h1,3,5,8,15H,2,4,6H2,(H2,13,16)/t8-/m0/s1. The zero-order valence-electron chi connectivity index (χ0n) is 8.69. The van der Waals surface area contributed by atoms with Crippen LogP contribution < -0.4 is 10.6 Å². The van der Waals surface area contributed by atoms with Crippen molar-refractivity contribution in [2.75, 3.05) is 11.4 Å². The number of benzene rings is 1. The first kappa shape index (κ1) is 11.1. The maximum absolute atomic E-state index is 11.3. The number of nitrogens with zero attached hydrogens (tertiary/aromatic N) is 1. The molecule has 1 fully saturated rings. The fourth-order valence-corrected chi connectivity index (χ4v) is 2.32. The summed E-state index contributed by atoms with van der Waals surface area (Å²) in [7, 11) is 0. The smallest absolute Gasteiger partial charge is 0.240 e. The molecule has 16 heavy (non-hydrogen) atoms. The second kappa shape index (κ2) is 4.22. The summed E-state index contributed by atoms with van der Waals surface area (Å²) in [6.45, 7) is 0.733. The van der Waals surface area contributed by atoms with Crippen molar-refractivity contribution < 1.29 is 9.90 Å². The van der Waals surface area contributed by atoms with E-state index in [1.165, 1.54) is 6.07 Å². The van der Waals surface area contributed by atoms with Crippen LogP contribution in [-0.4, -0.2) is 23.6 Å².